The molecular weight excluding hydrogens is 356 g/mol. The summed E-state index contributed by atoms with van der Waals surface area (Å²) in [5.41, 5.74) is 5.68. The van der Waals surface area contributed by atoms with Crippen molar-refractivity contribution in [2.24, 2.45) is 0 Å². The van der Waals surface area contributed by atoms with Gasteiger partial charge < -0.3 is 10.1 Å². The highest BCUT2D eigenvalue weighted by Crippen LogP contribution is 2.22. The van der Waals surface area contributed by atoms with E-state index in [1.165, 1.54) is 11.1 Å². The number of hydrogen-bond donors (Lipinski definition) is 1. The highest BCUT2D eigenvalue weighted by atomic mass is 32.1. The molecule has 0 unspecified atom stereocenters. The molecule has 1 aromatic heterocycles. The summed E-state index contributed by atoms with van der Waals surface area (Å²) in [6, 6.07) is 14.2. The Labute approximate surface area is 164 Å². The van der Waals surface area contributed by atoms with Gasteiger partial charge in [0.05, 0.1) is 10.7 Å². The average Bonchev–Trinajstić information content (AvgIpc) is 3.10. The van der Waals surface area contributed by atoms with E-state index in [4.69, 9.17) is 4.74 Å². The molecule has 27 heavy (non-hydrogen) atoms. The SMILES string of the molecule is Cc1nc(-c2ccc(CCNC(=O)COc3ccc(C)c(C)c3)cc2)cs1. The van der Waals surface area contributed by atoms with Crippen molar-refractivity contribution in [3.8, 4) is 17.0 Å². The molecule has 0 atom stereocenters. The first-order valence-corrected chi connectivity index (χ1v) is 9.87. The highest BCUT2D eigenvalue weighted by Gasteiger charge is 2.05. The lowest BCUT2D eigenvalue weighted by molar-refractivity contribution is -0.123. The molecule has 5 heteroatoms. The van der Waals surface area contributed by atoms with Gasteiger partial charge in [-0.2, -0.15) is 0 Å². The van der Waals surface area contributed by atoms with E-state index >= 15 is 0 Å². The number of ether oxygens (including phenoxy) is 1. The standard InChI is InChI=1S/C22H24N2O2S/c1-15-4-9-20(12-16(15)2)26-13-22(25)23-11-10-18-5-7-19(8-6-18)21-14-27-17(3)24-21/h4-9,12,14H,10-11,13H2,1-3H3,(H,23,25). The van der Waals surface area contributed by atoms with Crippen LogP contribution in [0, 0.1) is 20.8 Å². The van der Waals surface area contributed by atoms with Crippen LogP contribution in [0.25, 0.3) is 11.3 Å². The van der Waals surface area contributed by atoms with Crippen molar-refractivity contribution < 1.29 is 9.53 Å². The number of rotatable bonds is 7. The first-order chi connectivity index (χ1) is 13.0. The lowest BCUT2D eigenvalue weighted by Gasteiger charge is -2.09. The summed E-state index contributed by atoms with van der Waals surface area (Å²) in [5, 5.41) is 6.04. The van der Waals surface area contributed by atoms with Crippen molar-refractivity contribution >= 4 is 17.2 Å². The number of carbonyl (C=O) groups excluding carboxylic acids is 1. The van der Waals surface area contributed by atoms with Crippen LogP contribution in [0.3, 0.4) is 0 Å². The lowest BCUT2D eigenvalue weighted by Crippen LogP contribution is -2.30. The van der Waals surface area contributed by atoms with E-state index in [1.54, 1.807) is 11.3 Å². The first-order valence-electron chi connectivity index (χ1n) is 8.99. The fraction of sp³-hybridized carbons (Fsp3) is 0.273. The second kappa shape index (κ2) is 8.82. The highest BCUT2D eigenvalue weighted by molar-refractivity contribution is 7.09. The number of nitrogens with zero attached hydrogens (tertiary/aromatic N) is 1. The Morgan fingerprint density at radius 3 is 2.52 bits per heavy atom. The zero-order chi connectivity index (χ0) is 19.2. The van der Waals surface area contributed by atoms with Crippen LogP contribution in [-0.2, 0) is 11.2 Å². The molecular formula is C22H24N2O2S. The van der Waals surface area contributed by atoms with Crippen molar-refractivity contribution in [2.45, 2.75) is 27.2 Å². The molecule has 2 aromatic carbocycles. The van der Waals surface area contributed by atoms with Crippen LogP contribution >= 0.6 is 11.3 Å². The number of nitrogens with one attached hydrogen (secondary N) is 1. The van der Waals surface area contributed by atoms with Gasteiger partial charge in [-0.1, -0.05) is 30.3 Å². The monoisotopic (exact) mass is 380 g/mol. The second-order valence-corrected chi connectivity index (χ2v) is 7.65. The Bertz CT molecular complexity index is 916. The molecule has 140 valence electrons. The normalized spacial score (nSPS) is 10.6. The summed E-state index contributed by atoms with van der Waals surface area (Å²) in [6.07, 6.45) is 0.783. The fourth-order valence-electron chi connectivity index (χ4n) is 2.69. The molecule has 0 aliphatic carbocycles. The molecule has 0 spiro atoms. The number of aryl methyl sites for hydroxylation is 3. The Hall–Kier alpha value is -2.66. The van der Waals surface area contributed by atoms with E-state index in [0.717, 1.165) is 34.0 Å². The van der Waals surface area contributed by atoms with Gasteiger partial charge in [0.15, 0.2) is 6.61 Å². The van der Waals surface area contributed by atoms with Crippen LogP contribution in [0.5, 0.6) is 5.75 Å². The van der Waals surface area contributed by atoms with Gasteiger partial charge in [-0.3, -0.25) is 4.79 Å². The molecule has 3 rings (SSSR count). The smallest absolute Gasteiger partial charge is 0.257 e. The first kappa shape index (κ1) is 19.1. The van der Waals surface area contributed by atoms with Gasteiger partial charge in [0, 0.05) is 17.5 Å². The molecule has 0 aliphatic rings. The Morgan fingerprint density at radius 2 is 1.85 bits per heavy atom. The van der Waals surface area contributed by atoms with E-state index in [9.17, 15) is 4.79 Å². The third kappa shape index (κ3) is 5.41. The molecule has 1 N–H and O–H groups in total. The predicted molar refractivity (Wildman–Crippen MR) is 110 cm³/mol. The van der Waals surface area contributed by atoms with Crippen molar-refractivity contribution in [1.29, 1.82) is 0 Å². The molecule has 0 saturated heterocycles. The predicted octanol–water partition coefficient (Wildman–Crippen LogP) is 4.47. The van der Waals surface area contributed by atoms with Gasteiger partial charge in [-0.05, 0) is 56.0 Å². The maximum Gasteiger partial charge on any atom is 0.257 e. The Kier molecular flexibility index (Phi) is 6.24. The van der Waals surface area contributed by atoms with Gasteiger partial charge in [0.25, 0.3) is 5.91 Å². The third-order valence-electron chi connectivity index (χ3n) is 4.45. The van der Waals surface area contributed by atoms with Crippen molar-refractivity contribution in [2.75, 3.05) is 13.2 Å². The van der Waals surface area contributed by atoms with E-state index < -0.39 is 0 Å². The molecule has 0 radical (unpaired) electrons. The van der Waals surface area contributed by atoms with Crippen LogP contribution < -0.4 is 10.1 Å². The van der Waals surface area contributed by atoms with Gasteiger partial charge in [-0.25, -0.2) is 4.98 Å². The maximum absolute atomic E-state index is 12.0. The molecule has 0 saturated carbocycles. The number of benzene rings is 2. The van der Waals surface area contributed by atoms with Crippen LogP contribution in [0.4, 0.5) is 0 Å². The van der Waals surface area contributed by atoms with Gasteiger partial charge in [0.1, 0.15) is 5.75 Å². The molecule has 0 bridgehead atoms. The van der Waals surface area contributed by atoms with Crippen LogP contribution in [0.2, 0.25) is 0 Å². The summed E-state index contributed by atoms with van der Waals surface area (Å²) in [5.74, 6) is 0.615. The van der Waals surface area contributed by atoms with Gasteiger partial charge in [-0.15, -0.1) is 11.3 Å². The minimum absolute atomic E-state index is 0.0324. The minimum Gasteiger partial charge on any atom is -0.484 e. The average molecular weight is 381 g/mol. The van der Waals surface area contributed by atoms with E-state index in [0.29, 0.717) is 6.54 Å². The van der Waals surface area contributed by atoms with E-state index in [1.807, 2.05) is 32.0 Å². The number of thiazole rings is 1. The summed E-state index contributed by atoms with van der Waals surface area (Å²) in [7, 11) is 0. The molecule has 0 aliphatic heterocycles. The quantitative estimate of drug-likeness (QED) is 0.658. The van der Waals surface area contributed by atoms with Crippen LogP contribution in [0.15, 0.2) is 47.8 Å². The topological polar surface area (TPSA) is 51.2 Å². The van der Waals surface area contributed by atoms with Crippen molar-refractivity contribution in [3.63, 3.8) is 0 Å². The summed E-state index contributed by atoms with van der Waals surface area (Å²) < 4.78 is 5.56. The summed E-state index contributed by atoms with van der Waals surface area (Å²) >= 11 is 1.65. The Balaban J connectivity index is 1.42. The summed E-state index contributed by atoms with van der Waals surface area (Å²) in [4.78, 5) is 16.5. The minimum atomic E-state index is -0.109. The molecule has 1 heterocycles. The third-order valence-corrected chi connectivity index (χ3v) is 5.23. The van der Waals surface area contributed by atoms with Crippen molar-refractivity contribution in [1.82, 2.24) is 10.3 Å². The summed E-state index contributed by atoms with van der Waals surface area (Å²) in [6.45, 7) is 6.71. The van der Waals surface area contributed by atoms with Crippen LogP contribution in [-0.4, -0.2) is 24.0 Å². The largest absolute Gasteiger partial charge is 0.484 e. The maximum atomic E-state index is 12.0. The van der Waals surface area contributed by atoms with Crippen LogP contribution in [0.1, 0.15) is 21.7 Å². The fourth-order valence-corrected chi connectivity index (χ4v) is 3.31. The van der Waals surface area contributed by atoms with E-state index in [-0.39, 0.29) is 12.5 Å². The number of carbonyl (C=O) groups is 1. The Morgan fingerprint density at radius 1 is 1.07 bits per heavy atom. The zero-order valence-electron chi connectivity index (χ0n) is 15.9. The molecule has 4 nitrogen and oxygen atoms in total. The van der Waals surface area contributed by atoms with Gasteiger partial charge in [0.2, 0.25) is 0 Å². The number of aromatic nitrogens is 1. The number of hydrogen-bond acceptors (Lipinski definition) is 4. The molecule has 3 aromatic rings. The van der Waals surface area contributed by atoms with Crippen molar-refractivity contribution in [3.05, 3.63) is 69.5 Å². The van der Waals surface area contributed by atoms with E-state index in [2.05, 4.69) is 46.9 Å². The zero-order valence-corrected chi connectivity index (χ0v) is 16.7. The molecule has 1 amide bonds. The molecule has 0 fully saturated rings. The number of amides is 1. The lowest BCUT2D eigenvalue weighted by atomic mass is 10.1. The van der Waals surface area contributed by atoms with Gasteiger partial charge >= 0.3 is 0 Å². The second-order valence-electron chi connectivity index (χ2n) is 6.58.